The minimum Gasteiger partial charge on any atom is -0.384 e. The van der Waals surface area contributed by atoms with Crippen LogP contribution in [0, 0.1) is 23.3 Å². The predicted octanol–water partition coefficient (Wildman–Crippen LogP) is 2.46. The second-order valence-corrected chi connectivity index (χ2v) is 2.56. The molecule has 0 bridgehead atoms. The van der Waals surface area contributed by atoms with E-state index in [9.17, 15) is 17.6 Å². The van der Waals surface area contributed by atoms with Gasteiger partial charge < -0.3 is 5.11 Å². The van der Waals surface area contributed by atoms with Crippen molar-refractivity contribution in [2.45, 2.75) is 6.10 Å². The van der Waals surface area contributed by atoms with E-state index in [0.717, 1.165) is 6.08 Å². The fourth-order valence-corrected chi connectivity index (χ4v) is 0.969. The molecule has 1 aromatic rings. The van der Waals surface area contributed by atoms with Crippen LogP contribution in [0.15, 0.2) is 18.7 Å². The lowest BCUT2D eigenvalue weighted by molar-refractivity contribution is 0.213. The Balaban J connectivity index is 3.46. The standard InChI is InChI=1S/C9H6F4O/c1-2-6(14)7-8(12)4(10)3-5(11)9(7)13/h2-3,6,14H,1H2. The van der Waals surface area contributed by atoms with E-state index < -0.39 is 34.9 Å². The quantitative estimate of drug-likeness (QED) is 0.447. The predicted molar refractivity (Wildman–Crippen MR) is 41.4 cm³/mol. The van der Waals surface area contributed by atoms with Gasteiger partial charge >= 0.3 is 0 Å². The van der Waals surface area contributed by atoms with Crippen molar-refractivity contribution in [2.75, 3.05) is 0 Å². The van der Waals surface area contributed by atoms with Crippen molar-refractivity contribution in [1.29, 1.82) is 0 Å². The minimum absolute atomic E-state index is 0.0734. The highest BCUT2D eigenvalue weighted by Crippen LogP contribution is 2.25. The van der Waals surface area contributed by atoms with Gasteiger partial charge in [-0.2, -0.15) is 0 Å². The molecule has 1 nitrogen and oxygen atoms in total. The molecule has 0 spiro atoms. The Labute approximate surface area is 77.3 Å². The lowest BCUT2D eigenvalue weighted by Crippen LogP contribution is -2.06. The van der Waals surface area contributed by atoms with E-state index >= 15 is 0 Å². The second kappa shape index (κ2) is 3.79. The first-order valence-corrected chi connectivity index (χ1v) is 3.62. The Hall–Kier alpha value is -1.36. The number of aliphatic hydroxyl groups is 1. The fraction of sp³-hybridized carbons (Fsp3) is 0.111. The molecule has 0 aromatic heterocycles. The van der Waals surface area contributed by atoms with Crippen molar-refractivity contribution < 1.29 is 22.7 Å². The molecule has 1 aromatic carbocycles. The number of aliphatic hydroxyl groups excluding tert-OH is 1. The third-order valence-corrected chi connectivity index (χ3v) is 1.66. The van der Waals surface area contributed by atoms with E-state index in [2.05, 4.69) is 6.58 Å². The lowest BCUT2D eigenvalue weighted by atomic mass is 10.1. The summed E-state index contributed by atoms with van der Waals surface area (Å²) in [6.45, 7) is 3.05. The summed E-state index contributed by atoms with van der Waals surface area (Å²) in [4.78, 5) is 0. The summed E-state index contributed by atoms with van der Waals surface area (Å²) in [6, 6.07) is 0.0734. The molecule has 0 heterocycles. The van der Waals surface area contributed by atoms with Crippen LogP contribution in [0.2, 0.25) is 0 Å². The Morgan fingerprint density at radius 3 is 1.93 bits per heavy atom. The molecule has 0 fully saturated rings. The summed E-state index contributed by atoms with van der Waals surface area (Å²) in [7, 11) is 0. The van der Waals surface area contributed by atoms with Crippen LogP contribution in [0.3, 0.4) is 0 Å². The van der Waals surface area contributed by atoms with Crippen molar-refractivity contribution in [3.63, 3.8) is 0 Å². The molecule has 0 aliphatic carbocycles. The van der Waals surface area contributed by atoms with Gasteiger partial charge in [0, 0.05) is 6.07 Å². The number of hydrogen-bond acceptors (Lipinski definition) is 1. The molecule has 76 valence electrons. The van der Waals surface area contributed by atoms with Gasteiger partial charge in [0.1, 0.15) is 6.10 Å². The van der Waals surface area contributed by atoms with Gasteiger partial charge in [-0.05, 0) is 0 Å². The van der Waals surface area contributed by atoms with Crippen LogP contribution in [-0.4, -0.2) is 5.11 Å². The molecule has 0 amide bonds. The number of hydrogen-bond donors (Lipinski definition) is 1. The Kier molecular flexibility index (Phi) is 2.90. The number of halogens is 4. The Bertz CT molecular complexity index is 349. The number of benzene rings is 1. The summed E-state index contributed by atoms with van der Waals surface area (Å²) in [5, 5.41) is 9.01. The van der Waals surface area contributed by atoms with Crippen LogP contribution in [0.5, 0.6) is 0 Å². The van der Waals surface area contributed by atoms with Crippen molar-refractivity contribution in [3.8, 4) is 0 Å². The second-order valence-electron chi connectivity index (χ2n) is 2.56. The van der Waals surface area contributed by atoms with E-state index in [1.165, 1.54) is 0 Å². The highest BCUT2D eigenvalue weighted by Gasteiger charge is 2.22. The lowest BCUT2D eigenvalue weighted by Gasteiger charge is -2.09. The molecule has 0 saturated heterocycles. The van der Waals surface area contributed by atoms with Gasteiger partial charge in [0.05, 0.1) is 5.56 Å². The maximum Gasteiger partial charge on any atom is 0.168 e. The third-order valence-electron chi connectivity index (χ3n) is 1.66. The molecule has 5 heteroatoms. The van der Waals surface area contributed by atoms with E-state index in [0.29, 0.717) is 0 Å². The third kappa shape index (κ3) is 1.63. The van der Waals surface area contributed by atoms with Crippen LogP contribution in [0.25, 0.3) is 0 Å². The SMILES string of the molecule is C=CC(O)c1c(F)c(F)cc(F)c1F. The van der Waals surface area contributed by atoms with Gasteiger partial charge in [0.2, 0.25) is 0 Å². The molecule has 0 aliphatic rings. The molecule has 1 atom stereocenters. The van der Waals surface area contributed by atoms with Crippen LogP contribution < -0.4 is 0 Å². The van der Waals surface area contributed by atoms with Crippen LogP contribution in [-0.2, 0) is 0 Å². The van der Waals surface area contributed by atoms with Gasteiger partial charge in [-0.3, -0.25) is 0 Å². The highest BCUT2D eigenvalue weighted by molar-refractivity contribution is 5.26. The molecule has 1 N–H and O–H groups in total. The minimum atomic E-state index is -1.78. The summed E-state index contributed by atoms with van der Waals surface area (Å²) in [6.07, 6.45) is -1.01. The Morgan fingerprint density at radius 2 is 1.57 bits per heavy atom. The molecular formula is C9H6F4O. The molecule has 0 saturated carbocycles. The fourth-order valence-electron chi connectivity index (χ4n) is 0.969. The highest BCUT2D eigenvalue weighted by atomic mass is 19.2. The average molecular weight is 206 g/mol. The van der Waals surface area contributed by atoms with Gasteiger partial charge in [-0.15, -0.1) is 6.58 Å². The Morgan fingerprint density at radius 1 is 1.14 bits per heavy atom. The van der Waals surface area contributed by atoms with E-state index in [4.69, 9.17) is 5.11 Å². The maximum atomic E-state index is 12.9. The topological polar surface area (TPSA) is 20.2 Å². The summed E-state index contributed by atoms with van der Waals surface area (Å²) in [5.74, 6) is -6.34. The van der Waals surface area contributed by atoms with Gasteiger partial charge in [0.25, 0.3) is 0 Å². The number of rotatable bonds is 2. The van der Waals surface area contributed by atoms with Crippen molar-refractivity contribution in [1.82, 2.24) is 0 Å². The normalized spacial score (nSPS) is 12.6. The molecule has 14 heavy (non-hydrogen) atoms. The largest absolute Gasteiger partial charge is 0.384 e. The van der Waals surface area contributed by atoms with Crippen molar-refractivity contribution in [2.24, 2.45) is 0 Å². The molecule has 1 rings (SSSR count). The van der Waals surface area contributed by atoms with Gasteiger partial charge in [-0.1, -0.05) is 6.08 Å². The summed E-state index contributed by atoms with van der Waals surface area (Å²) < 4.78 is 51.0. The summed E-state index contributed by atoms with van der Waals surface area (Å²) >= 11 is 0. The monoisotopic (exact) mass is 206 g/mol. The zero-order chi connectivity index (χ0) is 10.9. The molecule has 1 unspecified atom stereocenters. The first-order chi connectivity index (χ1) is 6.49. The van der Waals surface area contributed by atoms with Gasteiger partial charge in [0.15, 0.2) is 23.3 Å². The first-order valence-electron chi connectivity index (χ1n) is 3.62. The average Bonchev–Trinajstić information content (AvgIpc) is 2.15. The van der Waals surface area contributed by atoms with Crippen molar-refractivity contribution in [3.05, 3.63) is 47.6 Å². The van der Waals surface area contributed by atoms with Crippen LogP contribution in [0.4, 0.5) is 17.6 Å². The smallest absolute Gasteiger partial charge is 0.168 e. The van der Waals surface area contributed by atoms with E-state index in [1.807, 2.05) is 0 Å². The first kappa shape index (κ1) is 10.7. The molecule has 0 aliphatic heterocycles. The summed E-state index contributed by atoms with van der Waals surface area (Å²) in [5.41, 5.74) is -1.07. The van der Waals surface area contributed by atoms with Crippen LogP contribution in [0.1, 0.15) is 11.7 Å². The van der Waals surface area contributed by atoms with Crippen molar-refractivity contribution >= 4 is 0 Å². The maximum absolute atomic E-state index is 12.9. The van der Waals surface area contributed by atoms with Crippen LogP contribution >= 0.6 is 0 Å². The zero-order valence-corrected chi connectivity index (χ0v) is 6.90. The van der Waals surface area contributed by atoms with E-state index in [1.54, 1.807) is 0 Å². The van der Waals surface area contributed by atoms with Gasteiger partial charge in [-0.25, -0.2) is 17.6 Å². The van der Waals surface area contributed by atoms with E-state index in [-0.39, 0.29) is 6.07 Å². The zero-order valence-electron chi connectivity index (χ0n) is 6.90. The molecular weight excluding hydrogens is 200 g/mol. The molecule has 0 radical (unpaired) electrons.